The molecule has 186 valence electrons. The minimum Gasteiger partial charge on any atom is -0.450 e. The van der Waals surface area contributed by atoms with E-state index in [-0.39, 0.29) is 23.9 Å². The molecule has 34 heavy (non-hydrogen) atoms. The lowest BCUT2D eigenvalue weighted by atomic mass is 10.2. The van der Waals surface area contributed by atoms with E-state index in [0.717, 1.165) is 4.68 Å². The Hall–Kier alpha value is -3.58. The third-order valence-corrected chi connectivity index (χ3v) is 5.44. The number of hydrogen-bond donors (Lipinski definition) is 1. The summed E-state index contributed by atoms with van der Waals surface area (Å²) in [7, 11) is 1.24. The van der Waals surface area contributed by atoms with Crippen molar-refractivity contribution >= 4 is 23.6 Å². The summed E-state index contributed by atoms with van der Waals surface area (Å²) in [4.78, 5) is 40.4. The molecular weight excluding hydrogens is 459 g/mol. The van der Waals surface area contributed by atoms with Crippen LogP contribution < -0.4 is 5.32 Å². The highest BCUT2D eigenvalue weighted by Gasteiger charge is 2.35. The number of aryl methyl sites for hydroxylation is 2. The van der Waals surface area contributed by atoms with Gasteiger partial charge in [-0.25, -0.2) is 4.79 Å². The number of aromatic nitrogens is 4. The van der Waals surface area contributed by atoms with Crippen molar-refractivity contribution in [1.29, 1.82) is 0 Å². The van der Waals surface area contributed by atoms with Gasteiger partial charge in [0.1, 0.15) is 11.7 Å². The second-order valence-electron chi connectivity index (χ2n) is 7.79. The van der Waals surface area contributed by atoms with Crippen molar-refractivity contribution in [3.05, 3.63) is 29.3 Å². The molecular formula is C20H26F3N7O4. The molecule has 1 saturated heterocycles. The van der Waals surface area contributed by atoms with Gasteiger partial charge in [-0.1, -0.05) is 0 Å². The molecule has 14 heteroatoms. The summed E-state index contributed by atoms with van der Waals surface area (Å²) in [5.74, 6) is -1.01. The number of carbonyl (C=O) groups is 3. The van der Waals surface area contributed by atoms with E-state index in [0.29, 0.717) is 37.9 Å². The quantitative estimate of drug-likeness (QED) is 0.694. The van der Waals surface area contributed by atoms with E-state index in [9.17, 15) is 27.6 Å². The van der Waals surface area contributed by atoms with E-state index in [1.165, 1.54) is 22.8 Å². The molecule has 0 bridgehead atoms. The Morgan fingerprint density at radius 1 is 1.15 bits per heavy atom. The first-order chi connectivity index (χ1) is 15.9. The predicted molar refractivity (Wildman–Crippen MR) is 113 cm³/mol. The summed E-state index contributed by atoms with van der Waals surface area (Å²) in [6.45, 7) is 6.63. The average molecular weight is 485 g/mol. The summed E-state index contributed by atoms with van der Waals surface area (Å²) in [5.41, 5.74) is -0.803. The van der Waals surface area contributed by atoms with E-state index >= 15 is 0 Å². The van der Waals surface area contributed by atoms with Crippen LogP contribution in [0.4, 0.5) is 23.7 Å². The number of rotatable bonds is 5. The van der Waals surface area contributed by atoms with Gasteiger partial charge in [-0.15, -0.1) is 0 Å². The lowest BCUT2D eigenvalue weighted by molar-refractivity contribution is -0.141. The Bertz CT molecular complexity index is 1070. The maximum absolute atomic E-state index is 12.9. The van der Waals surface area contributed by atoms with Crippen LogP contribution in [0.25, 0.3) is 0 Å². The molecule has 0 aliphatic carbocycles. The molecule has 1 aliphatic heterocycles. The van der Waals surface area contributed by atoms with Crippen LogP contribution in [0.2, 0.25) is 0 Å². The van der Waals surface area contributed by atoms with Crippen molar-refractivity contribution in [3.8, 4) is 0 Å². The van der Waals surface area contributed by atoms with E-state index in [1.807, 2.05) is 0 Å². The maximum atomic E-state index is 12.9. The summed E-state index contributed by atoms with van der Waals surface area (Å²) < 4.78 is 45.8. The second-order valence-corrected chi connectivity index (χ2v) is 7.79. The number of carbonyl (C=O) groups excluding carboxylic acids is 3. The zero-order chi connectivity index (χ0) is 25.2. The molecule has 1 atom stereocenters. The molecule has 3 amide bonds. The zero-order valence-corrected chi connectivity index (χ0v) is 19.2. The van der Waals surface area contributed by atoms with Gasteiger partial charge in [0.15, 0.2) is 5.69 Å². The van der Waals surface area contributed by atoms with Crippen LogP contribution in [0.15, 0.2) is 12.3 Å². The molecule has 2 aromatic rings. The first-order valence-electron chi connectivity index (χ1n) is 10.6. The Labute approximate surface area is 193 Å². The Balaban J connectivity index is 1.65. The van der Waals surface area contributed by atoms with Crippen molar-refractivity contribution in [2.24, 2.45) is 7.05 Å². The molecule has 0 radical (unpaired) electrons. The molecule has 3 heterocycles. The number of ether oxygens (including phenoxy) is 1. The topological polar surface area (TPSA) is 115 Å². The van der Waals surface area contributed by atoms with Gasteiger partial charge in [0.2, 0.25) is 5.91 Å². The Morgan fingerprint density at radius 3 is 2.32 bits per heavy atom. The third kappa shape index (κ3) is 5.31. The number of halogens is 3. The average Bonchev–Trinajstić information content (AvgIpc) is 3.35. The van der Waals surface area contributed by atoms with E-state index in [2.05, 4.69) is 15.5 Å². The SMILES string of the molecule is CCOC(=O)N1CCN(C(=O)C(C)n2cc(NC(=O)c3cc(C(F)(F)F)nn3C)c(C)n2)CC1. The highest BCUT2D eigenvalue weighted by Crippen LogP contribution is 2.28. The first kappa shape index (κ1) is 25.1. The van der Waals surface area contributed by atoms with Gasteiger partial charge < -0.3 is 19.9 Å². The van der Waals surface area contributed by atoms with Crippen molar-refractivity contribution < 1.29 is 32.3 Å². The molecule has 11 nitrogen and oxygen atoms in total. The number of alkyl halides is 3. The first-order valence-corrected chi connectivity index (χ1v) is 10.6. The minimum atomic E-state index is -4.67. The molecule has 1 N–H and O–H groups in total. The Morgan fingerprint density at radius 2 is 1.76 bits per heavy atom. The van der Waals surface area contributed by atoms with Gasteiger partial charge in [-0.2, -0.15) is 23.4 Å². The lowest BCUT2D eigenvalue weighted by Crippen LogP contribution is -2.52. The number of nitrogens with zero attached hydrogens (tertiary/aromatic N) is 6. The second kappa shape index (κ2) is 9.73. The lowest BCUT2D eigenvalue weighted by Gasteiger charge is -2.35. The fourth-order valence-corrected chi connectivity index (χ4v) is 3.51. The predicted octanol–water partition coefficient (Wildman–Crippen LogP) is 2.06. The smallest absolute Gasteiger partial charge is 0.435 e. The fraction of sp³-hybridized carbons (Fsp3) is 0.550. The highest BCUT2D eigenvalue weighted by molar-refractivity contribution is 6.03. The van der Waals surface area contributed by atoms with Crippen molar-refractivity contribution in [1.82, 2.24) is 29.4 Å². The van der Waals surface area contributed by atoms with Crippen molar-refractivity contribution in [2.45, 2.75) is 33.0 Å². The number of piperazine rings is 1. The molecule has 0 aromatic carbocycles. The minimum absolute atomic E-state index is 0.217. The number of hydrogen-bond acceptors (Lipinski definition) is 6. The van der Waals surface area contributed by atoms with Gasteiger partial charge in [0.25, 0.3) is 5.91 Å². The van der Waals surface area contributed by atoms with E-state index < -0.39 is 29.9 Å². The zero-order valence-electron chi connectivity index (χ0n) is 19.2. The molecule has 1 unspecified atom stereocenters. The highest BCUT2D eigenvalue weighted by atomic mass is 19.4. The van der Waals surface area contributed by atoms with Crippen LogP contribution in [-0.4, -0.2) is 80.1 Å². The molecule has 0 saturated carbocycles. The van der Waals surface area contributed by atoms with Crippen molar-refractivity contribution in [2.75, 3.05) is 38.1 Å². The molecule has 3 rings (SSSR count). The summed E-state index contributed by atoms with van der Waals surface area (Å²) >= 11 is 0. The van der Waals surface area contributed by atoms with Crippen LogP contribution in [0.3, 0.4) is 0 Å². The molecule has 1 fully saturated rings. The van der Waals surface area contributed by atoms with Gasteiger partial charge in [-0.05, 0) is 20.8 Å². The van der Waals surface area contributed by atoms with Gasteiger partial charge in [0.05, 0.1) is 18.0 Å². The van der Waals surface area contributed by atoms with Crippen LogP contribution in [-0.2, 0) is 22.8 Å². The van der Waals surface area contributed by atoms with Crippen LogP contribution >= 0.6 is 0 Å². The normalized spacial score (nSPS) is 15.3. The van der Waals surface area contributed by atoms with Gasteiger partial charge >= 0.3 is 12.3 Å². The van der Waals surface area contributed by atoms with Crippen LogP contribution in [0, 0.1) is 6.92 Å². The summed E-state index contributed by atoms with van der Waals surface area (Å²) in [5, 5.41) is 10.1. The number of nitrogens with one attached hydrogen (secondary N) is 1. The molecule has 0 spiro atoms. The number of amides is 3. The summed E-state index contributed by atoms with van der Waals surface area (Å²) in [6, 6.07) is -0.0380. The standard InChI is InChI=1S/C20H26F3N7O4/c1-5-34-19(33)29-8-6-28(7-9-29)18(32)13(3)30-11-14(12(2)25-30)24-17(31)15-10-16(20(21,22)23)26-27(15)4/h10-11,13H,5-9H2,1-4H3,(H,24,31). The Kier molecular flexibility index (Phi) is 7.17. The monoisotopic (exact) mass is 485 g/mol. The van der Waals surface area contributed by atoms with Crippen LogP contribution in [0.5, 0.6) is 0 Å². The van der Waals surface area contributed by atoms with E-state index in [4.69, 9.17) is 4.74 Å². The van der Waals surface area contributed by atoms with Gasteiger partial charge in [0, 0.05) is 45.5 Å². The molecule has 2 aromatic heterocycles. The fourth-order valence-electron chi connectivity index (χ4n) is 3.51. The third-order valence-electron chi connectivity index (χ3n) is 5.44. The summed E-state index contributed by atoms with van der Waals surface area (Å²) in [6.07, 6.45) is -3.64. The van der Waals surface area contributed by atoms with Crippen LogP contribution in [0.1, 0.15) is 41.8 Å². The largest absolute Gasteiger partial charge is 0.450 e. The van der Waals surface area contributed by atoms with Gasteiger partial charge in [-0.3, -0.25) is 19.0 Å². The number of anilines is 1. The molecule has 1 aliphatic rings. The van der Waals surface area contributed by atoms with E-state index in [1.54, 1.807) is 25.7 Å². The van der Waals surface area contributed by atoms with Crippen molar-refractivity contribution in [3.63, 3.8) is 0 Å². The maximum Gasteiger partial charge on any atom is 0.435 e.